The van der Waals surface area contributed by atoms with Crippen molar-refractivity contribution in [3.05, 3.63) is 70.9 Å². The topological polar surface area (TPSA) is 108 Å². The molecule has 1 N–H and O–H groups in total. The average Bonchev–Trinajstić information content (AvgIpc) is 3.31. The number of rotatable bonds is 7. The fourth-order valence-electron chi connectivity index (χ4n) is 3.23. The highest BCUT2D eigenvalue weighted by molar-refractivity contribution is 6.11. The second-order valence-electron chi connectivity index (χ2n) is 6.88. The molecule has 2 aromatic carbocycles. The summed E-state index contributed by atoms with van der Waals surface area (Å²) in [6, 6.07) is 14.2. The summed E-state index contributed by atoms with van der Waals surface area (Å²) in [5, 5.41) is 19.3. The van der Waals surface area contributed by atoms with Crippen LogP contribution in [0.2, 0.25) is 0 Å². The molecule has 0 radical (unpaired) electrons. The number of anilines is 1. The van der Waals surface area contributed by atoms with Crippen molar-refractivity contribution in [3.63, 3.8) is 0 Å². The van der Waals surface area contributed by atoms with Gasteiger partial charge in [-0.1, -0.05) is 38.0 Å². The summed E-state index contributed by atoms with van der Waals surface area (Å²) < 4.78 is 2.92. The molecule has 0 spiro atoms. The van der Waals surface area contributed by atoms with Crippen molar-refractivity contribution in [1.82, 2.24) is 30.0 Å². The van der Waals surface area contributed by atoms with Gasteiger partial charge in [-0.2, -0.15) is 5.10 Å². The fourth-order valence-corrected chi connectivity index (χ4v) is 3.23. The van der Waals surface area contributed by atoms with E-state index in [1.807, 2.05) is 0 Å². The van der Waals surface area contributed by atoms with Crippen molar-refractivity contribution >= 4 is 22.4 Å². The van der Waals surface area contributed by atoms with Gasteiger partial charge in [0.1, 0.15) is 6.33 Å². The van der Waals surface area contributed by atoms with E-state index in [2.05, 4.69) is 32.9 Å². The molecule has 0 fully saturated rings. The Hall–Kier alpha value is -3.88. The second kappa shape index (κ2) is 8.64. The number of fused-ring (bicyclic) bond motifs is 1. The van der Waals surface area contributed by atoms with Gasteiger partial charge in [-0.25, -0.2) is 9.36 Å². The highest BCUT2D eigenvalue weighted by Crippen LogP contribution is 2.17. The average molecular weight is 403 g/mol. The van der Waals surface area contributed by atoms with Crippen LogP contribution in [0, 0.1) is 0 Å². The Morgan fingerprint density at radius 2 is 1.80 bits per heavy atom. The maximum Gasteiger partial charge on any atom is 0.276 e. The van der Waals surface area contributed by atoms with Crippen LogP contribution in [0.5, 0.6) is 0 Å². The van der Waals surface area contributed by atoms with Gasteiger partial charge in [0.2, 0.25) is 0 Å². The molecule has 4 aromatic rings. The number of carbonyl (C=O) groups is 1. The molecule has 0 atom stereocenters. The highest BCUT2D eigenvalue weighted by Gasteiger charge is 2.17. The lowest BCUT2D eigenvalue weighted by molar-refractivity contribution is 0.102. The van der Waals surface area contributed by atoms with Crippen molar-refractivity contribution < 1.29 is 4.79 Å². The van der Waals surface area contributed by atoms with Gasteiger partial charge in [-0.15, -0.1) is 5.10 Å². The van der Waals surface area contributed by atoms with E-state index in [9.17, 15) is 9.59 Å². The van der Waals surface area contributed by atoms with Crippen molar-refractivity contribution in [2.24, 2.45) is 0 Å². The van der Waals surface area contributed by atoms with E-state index < -0.39 is 0 Å². The Bertz CT molecular complexity index is 1210. The molecule has 9 heteroatoms. The van der Waals surface area contributed by atoms with E-state index in [4.69, 9.17) is 0 Å². The number of unbranched alkanes of at least 4 members (excludes halogenated alkanes) is 2. The molecule has 0 aliphatic heterocycles. The van der Waals surface area contributed by atoms with Crippen LogP contribution in [0.4, 0.5) is 5.69 Å². The quantitative estimate of drug-likeness (QED) is 0.476. The minimum absolute atomic E-state index is 0.177. The third-order valence-corrected chi connectivity index (χ3v) is 4.80. The van der Waals surface area contributed by atoms with Gasteiger partial charge in [0.25, 0.3) is 11.5 Å². The Balaban J connectivity index is 1.63. The molecule has 0 aliphatic rings. The Morgan fingerprint density at radius 3 is 2.50 bits per heavy atom. The van der Waals surface area contributed by atoms with Crippen molar-refractivity contribution in [2.75, 3.05) is 5.32 Å². The molecule has 2 aromatic heterocycles. The number of benzene rings is 2. The van der Waals surface area contributed by atoms with E-state index in [0.717, 1.165) is 24.9 Å². The van der Waals surface area contributed by atoms with Gasteiger partial charge in [0.15, 0.2) is 5.69 Å². The van der Waals surface area contributed by atoms with Crippen LogP contribution < -0.4 is 10.9 Å². The molecule has 30 heavy (non-hydrogen) atoms. The van der Waals surface area contributed by atoms with E-state index in [1.165, 1.54) is 15.7 Å². The lowest BCUT2D eigenvalue weighted by Crippen LogP contribution is -2.27. The van der Waals surface area contributed by atoms with Crippen LogP contribution in [0.15, 0.2) is 59.7 Å². The van der Waals surface area contributed by atoms with E-state index in [1.54, 1.807) is 48.5 Å². The molecule has 0 saturated carbocycles. The SMILES string of the molecule is CCCCCn1nc(C(=O)Nc2ccc(-n3cnnn3)cc2)c2ccccc2c1=O. The first kappa shape index (κ1) is 19.4. The predicted molar refractivity (Wildman–Crippen MR) is 113 cm³/mol. The number of tetrazole rings is 1. The lowest BCUT2D eigenvalue weighted by Gasteiger charge is -2.11. The van der Waals surface area contributed by atoms with Crippen LogP contribution in [0.3, 0.4) is 0 Å². The molecule has 152 valence electrons. The largest absolute Gasteiger partial charge is 0.321 e. The summed E-state index contributed by atoms with van der Waals surface area (Å²) >= 11 is 0. The molecular weight excluding hydrogens is 382 g/mol. The standard InChI is InChI=1S/C21H21N7O2/c1-2-3-6-13-27-21(30)18-8-5-4-7-17(18)19(24-27)20(29)23-15-9-11-16(12-10-15)28-14-22-25-26-28/h4-5,7-12,14H,2-3,6,13H2,1H3,(H,23,29). The molecular formula is C21H21N7O2. The minimum Gasteiger partial charge on any atom is -0.321 e. The third-order valence-electron chi connectivity index (χ3n) is 4.80. The summed E-state index contributed by atoms with van der Waals surface area (Å²) in [5.74, 6) is -0.370. The number of nitrogens with one attached hydrogen (secondary N) is 1. The summed E-state index contributed by atoms with van der Waals surface area (Å²) in [6.45, 7) is 2.58. The molecule has 9 nitrogen and oxygen atoms in total. The maximum absolute atomic E-state index is 13.0. The van der Waals surface area contributed by atoms with Crippen molar-refractivity contribution in [3.8, 4) is 5.69 Å². The predicted octanol–water partition coefficient (Wildman–Crippen LogP) is 2.81. The zero-order valence-corrected chi connectivity index (χ0v) is 16.5. The van der Waals surface area contributed by atoms with Crippen LogP contribution >= 0.6 is 0 Å². The number of hydrogen-bond donors (Lipinski definition) is 1. The monoisotopic (exact) mass is 403 g/mol. The van der Waals surface area contributed by atoms with E-state index in [0.29, 0.717) is 23.0 Å². The lowest BCUT2D eigenvalue weighted by atomic mass is 10.1. The van der Waals surface area contributed by atoms with Gasteiger partial charge in [0, 0.05) is 17.6 Å². The van der Waals surface area contributed by atoms with Crippen LogP contribution in [0.25, 0.3) is 16.5 Å². The van der Waals surface area contributed by atoms with E-state index >= 15 is 0 Å². The van der Waals surface area contributed by atoms with Gasteiger partial charge in [0.05, 0.1) is 11.1 Å². The molecule has 0 aliphatic carbocycles. The van der Waals surface area contributed by atoms with Crippen LogP contribution in [0.1, 0.15) is 36.7 Å². The fraction of sp³-hybridized carbons (Fsp3) is 0.238. The van der Waals surface area contributed by atoms with Crippen molar-refractivity contribution in [1.29, 1.82) is 0 Å². The Labute approximate surface area is 172 Å². The Morgan fingerprint density at radius 1 is 1.03 bits per heavy atom. The number of amides is 1. The van der Waals surface area contributed by atoms with Crippen molar-refractivity contribution in [2.45, 2.75) is 32.7 Å². The highest BCUT2D eigenvalue weighted by atomic mass is 16.2. The third kappa shape index (κ3) is 3.95. The number of aryl methyl sites for hydroxylation is 1. The van der Waals surface area contributed by atoms with E-state index in [-0.39, 0.29) is 17.2 Å². The summed E-state index contributed by atoms with van der Waals surface area (Å²) in [5.41, 5.74) is 1.42. The molecule has 0 bridgehead atoms. The normalized spacial score (nSPS) is 11.0. The van der Waals surface area contributed by atoms with Gasteiger partial charge in [-0.05, 0) is 47.2 Å². The zero-order valence-electron chi connectivity index (χ0n) is 16.5. The first-order valence-electron chi connectivity index (χ1n) is 9.82. The number of carbonyl (C=O) groups excluding carboxylic acids is 1. The summed E-state index contributed by atoms with van der Waals surface area (Å²) in [7, 11) is 0. The first-order valence-corrected chi connectivity index (χ1v) is 9.82. The van der Waals surface area contributed by atoms with Gasteiger partial charge in [-0.3, -0.25) is 9.59 Å². The van der Waals surface area contributed by atoms with Gasteiger partial charge < -0.3 is 5.32 Å². The molecule has 0 saturated heterocycles. The minimum atomic E-state index is -0.370. The summed E-state index contributed by atoms with van der Waals surface area (Å²) in [6.07, 6.45) is 4.36. The van der Waals surface area contributed by atoms with Gasteiger partial charge >= 0.3 is 0 Å². The zero-order chi connectivity index (χ0) is 20.9. The Kier molecular flexibility index (Phi) is 5.60. The van der Waals surface area contributed by atoms with Crippen LogP contribution in [-0.4, -0.2) is 35.9 Å². The molecule has 2 heterocycles. The maximum atomic E-state index is 13.0. The second-order valence-corrected chi connectivity index (χ2v) is 6.88. The number of nitrogens with zero attached hydrogens (tertiary/aromatic N) is 6. The number of aromatic nitrogens is 6. The van der Waals surface area contributed by atoms with Crippen LogP contribution in [-0.2, 0) is 6.54 Å². The molecule has 0 unspecified atom stereocenters. The first-order chi connectivity index (χ1) is 14.7. The number of hydrogen-bond acceptors (Lipinski definition) is 6. The summed E-state index contributed by atoms with van der Waals surface area (Å²) in [4.78, 5) is 25.8. The smallest absolute Gasteiger partial charge is 0.276 e. The molecule has 1 amide bonds. The molecule has 4 rings (SSSR count).